The number of nitrogens with two attached hydrogens (primary N) is 1. The summed E-state index contributed by atoms with van der Waals surface area (Å²) in [5.41, 5.74) is 2.78. The van der Waals surface area contributed by atoms with Gasteiger partial charge in [-0.3, -0.25) is 14.4 Å². The van der Waals surface area contributed by atoms with E-state index in [9.17, 15) is 34.8 Å². The zero-order chi connectivity index (χ0) is 23.0. The van der Waals surface area contributed by atoms with E-state index in [1.54, 1.807) is 19.9 Å². The highest BCUT2D eigenvalue weighted by Crippen LogP contribution is 2.52. The van der Waals surface area contributed by atoms with Gasteiger partial charge in [0, 0.05) is 17.9 Å². The maximum absolute atomic E-state index is 13.4. The number of carbonyl (C=O) groups is 3. The highest BCUT2D eigenvalue weighted by atomic mass is 35.5. The first kappa shape index (κ1) is 21.4. The van der Waals surface area contributed by atoms with Crippen molar-refractivity contribution in [1.82, 2.24) is 0 Å². The predicted molar refractivity (Wildman–Crippen MR) is 110 cm³/mol. The van der Waals surface area contributed by atoms with E-state index in [0.29, 0.717) is 11.1 Å². The minimum Gasteiger partial charge on any atom is -0.511 e. The number of primary amides is 1. The first-order chi connectivity index (χ1) is 14.3. The number of allylic oxidation sites excluding steroid dienone is 2. The van der Waals surface area contributed by atoms with Gasteiger partial charge in [-0.25, -0.2) is 0 Å². The molecule has 1 aromatic carbocycles. The Morgan fingerprint density at radius 2 is 1.84 bits per heavy atom. The highest BCUT2D eigenvalue weighted by Gasteiger charge is 2.59. The van der Waals surface area contributed by atoms with Gasteiger partial charge in [0.2, 0.25) is 5.78 Å². The normalized spacial score (nSPS) is 28.3. The van der Waals surface area contributed by atoms with Crippen molar-refractivity contribution < 1.29 is 34.8 Å². The molecular formula is C22H22ClNO7. The van der Waals surface area contributed by atoms with Crippen molar-refractivity contribution >= 4 is 29.1 Å². The summed E-state index contributed by atoms with van der Waals surface area (Å²) in [5.74, 6) is -6.46. The molecule has 164 valence electrons. The van der Waals surface area contributed by atoms with Crippen LogP contribution in [0, 0.1) is 11.8 Å². The molecule has 0 saturated heterocycles. The Morgan fingerprint density at radius 1 is 1.19 bits per heavy atom. The van der Waals surface area contributed by atoms with Gasteiger partial charge in [0.15, 0.2) is 11.4 Å². The molecule has 8 nitrogen and oxygen atoms in total. The van der Waals surface area contributed by atoms with Crippen LogP contribution in [-0.2, 0) is 20.9 Å². The number of benzene rings is 1. The average Bonchev–Trinajstić information content (AvgIpc) is 2.63. The number of aliphatic hydroxyl groups excluding tert-OH is 2. The van der Waals surface area contributed by atoms with Gasteiger partial charge < -0.3 is 26.2 Å². The number of amides is 1. The second kappa shape index (κ2) is 6.58. The SMILES string of the molecule is CC(C)(Cl)c1ccc(O)c2c1C[C@H]1C[C@H]3CC(O)=C(C(N)=O)C(=O)[C@@]3(O)C(O)=C1C2=O. The molecule has 4 rings (SSSR count). The number of hydrogen-bond acceptors (Lipinski definition) is 7. The third kappa shape index (κ3) is 2.81. The van der Waals surface area contributed by atoms with E-state index in [2.05, 4.69) is 0 Å². The standard InChI is InChI=1S/C22H22ClNO7/c1-21(2,23)11-3-4-12(25)15-10(11)6-8-5-9-7-13(26)16(20(24)30)19(29)22(9,31)18(28)14(8)17(15)27/h3-4,8-9,25-26,28,31H,5-7H2,1-2H3,(H2,24,30)/t8-,9+,22+/m1/s1. The zero-order valence-corrected chi connectivity index (χ0v) is 17.7. The summed E-state index contributed by atoms with van der Waals surface area (Å²) in [6.07, 6.45) is 0.0539. The fourth-order valence-electron chi connectivity index (χ4n) is 5.18. The average molecular weight is 448 g/mol. The minimum absolute atomic E-state index is 0.0390. The Balaban J connectivity index is 1.93. The second-order valence-electron chi connectivity index (χ2n) is 8.87. The first-order valence-corrected chi connectivity index (χ1v) is 10.2. The molecule has 0 bridgehead atoms. The summed E-state index contributed by atoms with van der Waals surface area (Å²) in [5, 5.41) is 42.7. The molecule has 3 atom stereocenters. The monoisotopic (exact) mass is 447 g/mol. The lowest BCUT2D eigenvalue weighted by Gasteiger charge is -2.46. The Bertz CT molecular complexity index is 1130. The number of ketones is 2. The first-order valence-electron chi connectivity index (χ1n) is 9.81. The lowest BCUT2D eigenvalue weighted by Crippen LogP contribution is -2.57. The number of aromatic hydroxyl groups is 1. The molecule has 0 aliphatic heterocycles. The van der Waals surface area contributed by atoms with E-state index in [1.807, 2.05) is 0 Å². The number of hydrogen-bond donors (Lipinski definition) is 5. The number of carbonyl (C=O) groups excluding carboxylic acids is 3. The van der Waals surface area contributed by atoms with Gasteiger partial charge in [-0.1, -0.05) is 6.07 Å². The Labute approximate surface area is 182 Å². The van der Waals surface area contributed by atoms with Crippen molar-refractivity contribution in [1.29, 1.82) is 0 Å². The molecule has 3 aliphatic rings. The van der Waals surface area contributed by atoms with Gasteiger partial charge >= 0.3 is 0 Å². The predicted octanol–water partition coefficient (Wildman–Crippen LogP) is 2.05. The maximum Gasteiger partial charge on any atom is 0.255 e. The Morgan fingerprint density at radius 3 is 2.42 bits per heavy atom. The van der Waals surface area contributed by atoms with Crippen LogP contribution in [0.4, 0.5) is 0 Å². The lowest BCUT2D eigenvalue weighted by atomic mass is 9.60. The van der Waals surface area contributed by atoms with E-state index in [-0.39, 0.29) is 36.1 Å². The fourth-order valence-corrected chi connectivity index (χ4v) is 5.35. The van der Waals surface area contributed by atoms with E-state index in [4.69, 9.17) is 17.3 Å². The topological polar surface area (TPSA) is 158 Å². The number of aliphatic hydroxyl groups is 3. The molecule has 0 radical (unpaired) electrons. The van der Waals surface area contributed by atoms with Crippen molar-refractivity contribution in [3.63, 3.8) is 0 Å². The molecule has 0 heterocycles. The van der Waals surface area contributed by atoms with Crippen LogP contribution < -0.4 is 5.73 Å². The summed E-state index contributed by atoms with van der Waals surface area (Å²) < 4.78 is 0. The van der Waals surface area contributed by atoms with E-state index >= 15 is 0 Å². The van der Waals surface area contributed by atoms with E-state index < -0.39 is 56.9 Å². The van der Waals surface area contributed by atoms with Crippen LogP contribution >= 0.6 is 11.6 Å². The summed E-state index contributed by atoms with van der Waals surface area (Å²) in [7, 11) is 0. The molecule has 0 spiro atoms. The van der Waals surface area contributed by atoms with Gasteiger partial charge in [0.05, 0.1) is 10.4 Å². The number of Topliss-reactive ketones (excluding diaryl/α,β-unsaturated/α-hetero) is 2. The Hall–Kier alpha value is -2.84. The number of phenolic OH excluding ortho intramolecular Hbond substituents is 1. The molecule has 0 aromatic heterocycles. The van der Waals surface area contributed by atoms with Gasteiger partial charge in [-0.15, -0.1) is 11.6 Å². The quantitative estimate of drug-likeness (QED) is 0.342. The van der Waals surface area contributed by atoms with Crippen LogP contribution in [0.2, 0.25) is 0 Å². The third-order valence-corrected chi connectivity index (χ3v) is 6.79. The van der Waals surface area contributed by atoms with Crippen molar-refractivity contribution in [3.05, 3.63) is 51.5 Å². The van der Waals surface area contributed by atoms with Crippen LogP contribution in [0.25, 0.3) is 0 Å². The smallest absolute Gasteiger partial charge is 0.255 e. The molecule has 0 unspecified atom stereocenters. The zero-order valence-electron chi connectivity index (χ0n) is 16.9. The van der Waals surface area contributed by atoms with Crippen LogP contribution in [0.5, 0.6) is 5.75 Å². The number of rotatable bonds is 2. The molecule has 6 N–H and O–H groups in total. The van der Waals surface area contributed by atoms with Crippen LogP contribution in [0.1, 0.15) is 48.2 Å². The summed E-state index contributed by atoms with van der Waals surface area (Å²) in [4.78, 5) is 37.1. The molecule has 1 aromatic rings. The molecule has 9 heteroatoms. The fraction of sp³-hybridized carbons (Fsp3) is 0.409. The third-order valence-electron chi connectivity index (χ3n) is 6.59. The second-order valence-corrected chi connectivity index (χ2v) is 9.81. The van der Waals surface area contributed by atoms with Gasteiger partial charge in [0.25, 0.3) is 5.91 Å². The van der Waals surface area contributed by atoms with Gasteiger partial charge in [-0.05, 0) is 49.8 Å². The molecule has 1 amide bonds. The molecule has 3 aliphatic carbocycles. The highest BCUT2D eigenvalue weighted by molar-refractivity contribution is 6.25. The van der Waals surface area contributed by atoms with Gasteiger partial charge in [-0.2, -0.15) is 0 Å². The van der Waals surface area contributed by atoms with Crippen molar-refractivity contribution in [2.24, 2.45) is 17.6 Å². The lowest BCUT2D eigenvalue weighted by molar-refractivity contribution is -0.144. The molecule has 0 saturated carbocycles. The minimum atomic E-state index is -2.56. The molecular weight excluding hydrogens is 426 g/mol. The summed E-state index contributed by atoms with van der Waals surface area (Å²) in [6.45, 7) is 3.50. The number of phenols is 1. The number of halogens is 1. The molecule has 0 fully saturated rings. The van der Waals surface area contributed by atoms with Crippen LogP contribution in [0.15, 0.2) is 34.8 Å². The number of alkyl halides is 1. The number of fused-ring (bicyclic) bond motifs is 3. The van der Waals surface area contributed by atoms with Crippen LogP contribution in [0.3, 0.4) is 0 Å². The largest absolute Gasteiger partial charge is 0.511 e. The van der Waals surface area contributed by atoms with E-state index in [1.165, 1.54) is 6.07 Å². The maximum atomic E-state index is 13.4. The van der Waals surface area contributed by atoms with E-state index in [0.717, 1.165) is 0 Å². The van der Waals surface area contributed by atoms with Crippen molar-refractivity contribution in [3.8, 4) is 5.75 Å². The van der Waals surface area contributed by atoms with Crippen molar-refractivity contribution in [2.75, 3.05) is 0 Å². The van der Waals surface area contributed by atoms with Crippen molar-refractivity contribution in [2.45, 2.75) is 43.6 Å². The summed E-state index contributed by atoms with van der Waals surface area (Å²) >= 11 is 6.49. The van der Waals surface area contributed by atoms with Gasteiger partial charge in [0.1, 0.15) is 22.8 Å². The molecule has 31 heavy (non-hydrogen) atoms. The Kier molecular flexibility index (Phi) is 4.54. The summed E-state index contributed by atoms with van der Waals surface area (Å²) in [6, 6.07) is 2.98. The van der Waals surface area contributed by atoms with Crippen LogP contribution in [-0.4, -0.2) is 43.5 Å².